The van der Waals surface area contributed by atoms with Gasteiger partial charge in [0.25, 0.3) is 5.91 Å². The van der Waals surface area contributed by atoms with E-state index in [-0.39, 0.29) is 12.5 Å². The van der Waals surface area contributed by atoms with Gasteiger partial charge >= 0.3 is 0 Å². The summed E-state index contributed by atoms with van der Waals surface area (Å²) in [6.45, 7) is 0.859. The number of ether oxygens (including phenoxy) is 1. The molecule has 0 heterocycles. The van der Waals surface area contributed by atoms with Gasteiger partial charge in [0.15, 0.2) is 6.61 Å². The first kappa shape index (κ1) is 16.3. The maximum absolute atomic E-state index is 12.0. The molecule has 130 valence electrons. The molecule has 0 radical (unpaired) electrons. The van der Waals surface area contributed by atoms with Crippen molar-refractivity contribution in [1.82, 2.24) is 5.32 Å². The molecule has 1 N–H and O–H groups in total. The lowest BCUT2D eigenvalue weighted by atomic mass is 9.49. The Labute approximate surface area is 149 Å². The third-order valence-corrected chi connectivity index (χ3v) is 6.58. The van der Waals surface area contributed by atoms with Gasteiger partial charge in [-0.15, -0.1) is 0 Å². The Morgan fingerprint density at radius 2 is 1.67 bits per heavy atom. The molecule has 1 aromatic rings. The van der Waals surface area contributed by atoms with Crippen LogP contribution in [0.1, 0.15) is 44.9 Å². The molecule has 4 fully saturated rings. The Balaban J connectivity index is 1.21. The maximum Gasteiger partial charge on any atom is 0.257 e. The SMILES string of the molecule is O=C(COc1ccc(Cl)cc1)NCCC12CC3CC(CC(C3)C1)C2. The van der Waals surface area contributed by atoms with Crippen LogP contribution in [0.5, 0.6) is 5.75 Å². The number of amides is 1. The number of carbonyl (C=O) groups excluding carboxylic acids is 1. The first-order chi connectivity index (χ1) is 11.6. The molecule has 0 unspecified atom stereocenters. The van der Waals surface area contributed by atoms with Crippen LogP contribution in [-0.2, 0) is 4.79 Å². The van der Waals surface area contributed by atoms with Gasteiger partial charge < -0.3 is 10.1 Å². The highest BCUT2D eigenvalue weighted by molar-refractivity contribution is 6.30. The molecular weight excluding hydrogens is 322 g/mol. The second-order valence-electron chi connectivity index (χ2n) is 8.26. The molecule has 1 aromatic carbocycles. The van der Waals surface area contributed by atoms with Crippen LogP contribution in [0.3, 0.4) is 0 Å². The van der Waals surface area contributed by atoms with E-state index < -0.39 is 0 Å². The second-order valence-corrected chi connectivity index (χ2v) is 8.70. The summed E-state index contributed by atoms with van der Waals surface area (Å²) in [5.74, 6) is 3.56. The Morgan fingerprint density at radius 3 is 2.25 bits per heavy atom. The number of nitrogens with one attached hydrogen (secondary N) is 1. The van der Waals surface area contributed by atoms with E-state index in [4.69, 9.17) is 16.3 Å². The quantitative estimate of drug-likeness (QED) is 0.826. The zero-order chi connectivity index (χ0) is 16.6. The zero-order valence-corrected chi connectivity index (χ0v) is 14.9. The van der Waals surface area contributed by atoms with Crippen LogP contribution >= 0.6 is 11.6 Å². The summed E-state index contributed by atoms with van der Waals surface area (Å²) in [7, 11) is 0. The van der Waals surface area contributed by atoms with Crippen LogP contribution < -0.4 is 10.1 Å². The molecule has 0 spiro atoms. The van der Waals surface area contributed by atoms with E-state index >= 15 is 0 Å². The summed E-state index contributed by atoms with van der Waals surface area (Å²) in [6.07, 6.45) is 9.76. The van der Waals surface area contributed by atoms with Crippen LogP contribution in [-0.4, -0.2) is 19.1 Å². The molecule has 0 saturated heterocycles. The Bertz CT molecular complexity index is 563. The third-order valence-electron chi connectivity index (χ3n) is 6.33. The molecule has 24 heavy (non-hydrogen) atoms. The lowest BCUT2D eigenvalue weighted by Gasteiger charge is -2.57. The third kappa shape index (κ3) is 3.56. The average Bonchev–Trinajstić information content (AvgIpc) is 2.53. The van der Waals surface area contributed by atoms with E-state index in [0.29, 0.717) is 16.2 Å². The highest BCUT2D eigenvalue weighted by Gasteiger charge is 2.50. The summed E-state index contributed by atoms with van der Waals surface area (Å²) in [6, 6.07) is 7.10. The molecule has 0 atom stereocenters. The molecule has 5 rings (SSSR count). The summed E-state index contributed by atoms with van der Waals surface area (Å²) in [5.41, 5.74) is 0.527. The number of rotatable bonds is 6. The molecule has 4 heteroatoms. The van der Waals surface area contributed by atoms with Gasteiger partial charge in [0.2, 0.25) is 0 Å². The maximum atomic E-state index is 12.0. The molecule has 4 aliphatic carbocycles. The van der Waals surface area contributed by atoms with Gasteiger partial charge in [0, 0.05) is 11.6 Å². The van der Waals surface area contributed by atoms with Gasteiger partial charge in [0.1, 0.15) is 5.75 Å². The van der Waals surface area contributed by atoms with E-state index in [1.165, 1.54) is 38.5 Å². The number of carbonyl (C=O) groups is 1. The Hall–Kier alpha value is -1.22. The van der Waals surface area contributed by atoms with Gasteiger partial charge in [-0.3, -0.25) is 4.79 Å². The highest BCUT2D eigenvalue weighted by Crippen LogP contribution is 2.61. The molecular formula is C20H26ClNO2. The topological polar surface area (TPSA) is 38.3 Å². The van der Waals surface area contributed by atoms with Crippen LogP contribution in [0.25, 0.3) is 0 Å². The van der Waals surface area contributed by atoms with Crippen molar-refractivity contribution in [1.29, 1.82) is 0 Å². The van der Waals surface area contributed by atoms with Gasteiger partial charge in [-0.1, -0.05) is 11.6 Å². The number of hydrogen-bond acceptors (Lipinski definition) is 2. The van der Waals surface area contributed by atoms with Gasteiger partial charge in [-0.05, 0) is 92.4 Å². The number of halogens is 1. The fourth-order valence-corrected chi connectivity index (χ4v) is 5.92. The molecule has 4 aliphatic rings. The van der Waals surface area contributed by atoms with Crippen LogP contribution in [0.15, 0.2) is 24.3 Å². The fourth-order valence-electron chi connectivity index (χ4n) is 5.79. The lowest BCUT2D eigenvalue weighted by Crippen LogP contribution is -2.47. The standard InChI is InChI=1S/C20H26ClNO2/c21-17-1-3-18(4-2-17)24-13-19(23)22-6-5-20-10-14-7-15(11-20)9-16(8-14)12-20/h1-4,14-16H,5-13H2,(H,22,23). The smallest absolute Gasteiger partial charge is 0.257 e. The predicted molar refractivity (Wildman–Crippen MR) is 95.2 cm³/mol. The number of hydrogen-bond donors (Lipinski definition) is 1. The van der Waals surface area contributed by atoms with E-state index in [0.717, 1.165) is 30.7 Å². The van der Waals surface area contributed by atoms with Gasteiger partial charge in [-0.25, -0.2) is 0 Å². The molecule has 1 amide bonds. The molecule has 3 nitrogen and oxygen atoms in total. The minimum absolute atomic E-state index is 0.0327. The molecule has 0 aliphatic heterocycles. The van der Waals surface area contributed by atoms with Crippen molar-refractivity contribution >= 4 is 17.5 Å². The first-order valence-corrected chi connectivity index (χ1v) is 9.63. The van der Waals surface area contributed by atoms with Crippen molar-refractivity contribution in [2.75, 3.05) is 13.2 Å². The van der Waals surface area contributed by atoms with E-state index in [1.54, 1.807) is 24.3 Å². The molecule has 4 bridgehead atoms. The molecule has 4 saturated carbocycles. The summed E-state index contributed by atoms with van der Waals surface area (Å²) >= 11 is 5.84. The zero-order valence-electron chi connectivity index (χ0n) is 14.1. The monoisotopic (exact) mass is 347 g/mol. The van der Waals surface area contributed by atoms with Crippen LogP contribution in [0.4, 0.5) is 0 Å². The summed E-state index contributed by atoms with van der Waals surface area (Å²) < 4.78 is 5.50. The minimum Gasteiger partial charge on any atom is -0.484 e. The van der Waals surface area contributed by atoms with E-state index in [1.807, 2.05) is 0 Å². The normalized spacial score (nSPS) is 33.5. The van der Waals surface area contributed by atoms with Gasteiger partial charge in [0.05, 0.1) is 0 Å². The Kier molecular flexibility index (Phi) is 4.46. The van der Waals surface area contributed by atoms with E-state index in [9.17, 15) is 4.79 Å². The highest BCUT2D eigenvalue weighted by atomic mass is 35.5. The average molecular weight is 348 g/mol. The van der Waals surface area contributed by atoms with Crippen molar-refractivity contribution in [3.8, 4) is 5.75 Å². The van der Waals surface area contributed by atoms with Crippen LogP contribution in [0, 0.1) is 23.2 Å². The van der Waals surface area contributed by atoms with Crippen molar-refractivity contribution in [3.63, 3.8) is 0 Å². The molecule has 0 aromatic heterocycles. The number of benzene rings is 1. The van der Waals surface area contributed by atoms with Crippen molar-refractivity contribution in [2.45, 2.75) is 44.9 Å². The summed E-state index contributed by atoms with van der Waals surface area (Å²) in [5, 5.41) is 3.72. The predicted octanol–water partition coefficient (Wildman–Crippen LogP) is 4.44. The van der Waals surface area contributed by atoms with Crippen molar-refractivity contribution in [3.05, 3.63) is 29.3 Å². The summed E-state index contributed by atoms with van der Waals surface area (Å²) in [4.78, 5) is 12.0. The lowest BCUT2D eigenvalue weighted by molar-refractivity contribution is -0.123. The Morgan fingerprint density at radius 1 is 1.08 bits per heavy atom. The fraction of sp³-hybridized carbons (Fsp3) is 0.650. The van der Waals surface area contributed by atoms with E-state index in [2.05, 4.69) is 5.32 Å². The first-order valence-electron chi connectivity index (χ1n) is 9.25. The largest absolute Gasteiger partial charge is 0.484 e. The van der Waals surface area contributed by atoms with Crippen molar-refractivity contribution in [2.24, 2.45) is 23.2 Å². The van der Waals surface area contributed by atoms with Gasteiger partial charge in [-0.2, -0.15) is 0 Å². The van der Waals surface area contributed by atoms with Crippen LogP contribution in [0.2, 0.25) is 5.02 Å². The minimum atomic E-state index is -0.0327. The second kappa shape index (κ2) is 6.59. The van der Waals surface area contributed by atoms with Crippen molar-refractivity contribution < 1.29 is 9.53 Å².